The lowest BCUT2D eigenvalue weighted by Gasteiger charge is -2.27. The molecule has 1 aliphatic heterocycles. The van der Waals surface area contributed by atoms with E-state index in [1.165, 1.54) is 6.07 Å². The molecule has 1 aromatic carbocycles. The minimum absolute atomic E-state index is 0.177. The molecule has 0 spiro atoms. The lowest BCUT2D eigenvalue weighted by atomic mass is 9.85. The van der Waals surface area contributed by atoms with Crippen molar-refractivity contribution in [3.05, 3.63) is 37.9 Å². The minimum atomic E-state index is -0.600. The van der Waals surface area contributed by atoms with Crippen LogP contribution in [-0.2, 0) is 4.79 Å². The van der Waals surface area contributed by atoms with Gasteiger partial charge in [0.05, 0.1) is 16.9 Å². The van der Waals surface area contributed by atoms with Gasteiger partial charge in [0.1, 0.15) is 0 Å². The number of hydrogen-bond acceptors (Lipinski definition) is 4. The van der Waals surface area contributed by atoms with Gasteiger partial charge in [0, 0.05) is 15.5 Å². The molecule has 0 N–H and O–H groups in total. The summed E-state index contributed by atoms with van der Waals surface area (Å²) in [4.78, 5) is 21.9. The Hall–Kier alpha value is -1.33. The Kier molecular flexibility index (Phi) is 3.45. The van der Waals surface area contributed by atoms with Gasteiger partial charge in [-0.3, -0.25) is 14.9 Å². The molecule has 0 aromatic heterocycles. The third-order valence-corrected chi connectivity index (χ3v) is 3.46. The van der Waals surface area contributed by atoms with Gasteiger partial charge < -0.3 is 4.74 Å². The van der Waals surface area contributed by atoms with Crippen LogP contribution in [0.4, 0.5) is 0 Å². The molecule has 0 saturated carbocycles. The summed E-state index contributed by atoms with van der Waals surface area (Å²) in [6, 6.07) is 2.99. The summed E-state index contributed by atoms with van der Waals surface area (Å²) in [5.41, 5.74) is 0.510. The van der Waals surface area contributed by atoms with Crippen molar-refractivity contribution >= 4 is 29.2 Å². The molecule has 5 nitrogen and oxygen atoms in total. The molecular weight excluding hydrogens is 281 g/mol. The zero-order chi connectivity index (χ0) is 13.4. The summed E-state index contributed by atoms with van der Waals surface area (Å²) in [5.74, 6) is -1.51. The highest BCUT2D eigenvalue weighted by Crippen LogP contribution is 2.43. The van der Waals surface area contributed by atoms with Gasteiger partial charge in [0.15, 0.2) is 5.75 Å². The summed E-state index contributed by atoms with van der Waals surface area (Å²) in [6.45, 7) is 1.23. The normalized spacial score (nSPS) is 22.3. The number of benzene rings is 1. The van der Waals surface area contributed by atoms with Crippen LogP contribution in [-0.4, -0.2) is 17.4 Å². The smallest absolute Gasteiger partial charge is 0.314 e. The fourth-order valence-corrected chi connectivity index (χ4v) is 2.56. The lowest BCUT2D eigenvalue weighted by Crippen LogP contribution is -2.33. The quantitative estimate of drug-likeness (QED) is 0.363. The van der Waals surface area contributed by atoms with Crippen LogP contribution in [0, 0.1) is 16.0 Å². The molecule has 1 aromatic rings. The first-order chi connectivity index (χ1) is 8.40. The van der Waals surface area contributed by atoms with Crippen LogP contribution in [0.1, 0.15) is 18.4 Å². The van der Waals surface area contributed by atoms with Crippen LogP contribution in [0.2, 0.25) is 10.0 Å². The first kappa shape index (κ1) is 13.1. The molecule has 0 bridgehead atoms. The number of hydrogen-bond donors (Lipinski definition) is 0. The van der Waals surface area contributed by atoms with Crippen LogP contribution in [0.15, 0.2) is 12.1 Å². The summed E-state index contributed by atoms with van der Waals surface area (Å²) in [6.07, 6.45) is 0. The summed E-state index contributed by atoms with van der Waals surface area (Å²) < 4.78 is 5.09. The monoisotopic (exact) mass is 289 g/mol. The van der Waals surface area contributed by atoms with Crippen LogP contribution in [0.3, 0.4) is 0 Å². The average molecular weight is 290 g/mol. The van der Waals surface area contributed by atoms with E-state index in [2.05, 4.69) is 0 Å². The van der Waals surface area contributed by atoms with Crippen molar-refractivity contribution in [2.24, 2.45) is 5.92 Å². The first-order valence-electron chi connectivity index (χ1n) is 5.22. The molecule has 7 heteroatoms. The molecule has 18 heavy (non-hydrogen) atoms. The number of carbonyl (C=O) groups is 1. The summed E-state index contributed by atoms with van der Waals surface area (Å²) >= 11 is 11.8. The second-order valence-corrected chi connectivity index (χ2v) is 4.98. The SMILES string of the molecule is C[C@@H]1C(=O)Oc2c(Cl)cc(Cl)cc2[C@@H]1C[N+](=O)[O-]. The Morgan fingerprint density at radius 3 is 2.72 bits per heavy atom. The van der Waals surface area contributed by atoms with Crippen LogP contribution in [0.5, 0.6) is 5.75 Å². The van der Waals surface area contributed by atoms with Crippen LogP contribution < -0.4 is 4.74 Å². The van der Waals surface area contributed by atoms with Gasteiger partial charge in [-0.25, -0.2) is 0 Å². The van der Waals surface area contributed by atoms with E-state index in [4.69, 9.17) is 27.9 Å². The lowest BCUT2D eigenvalue weighted by molar-refractivity contribution is -0.484. The van der Waals surface area contributed by atoms with E-state index >= 15 is 0 Å². The van der Waals surface area contributed by atoms with Crippen molar-refractivity contribution < 1.29 is 14.5 Å². The van der Waals surface area contributed by atoms with Crippen molar-refractivity contribution in [3.8, 4) is 5.75 Å². The van der Waals surface area contributed by atoms with E-state index in [0.29, 0.717) is 10.6 Å². The van der Waals surface area contributed by atoms with Crippen molar-refractivity contribution in [2.75, 3.05) is 6.54 Å². The van der Waals surface area contributed by atoms with Crippen molar-refractivity contribution in [3.63, 3.8) is 0 Å². The van der Waals surface area contributed by atoms with E-state index in [9.17, 15) is 14.9 Å². The molecule has 0 amide bonds. The number of fused-ring (bicyclic) bond motifs is 1. The number of nitrogens with zero attached hydrogens (tertiary/aromatic N) is 1. The highest BCUT2D eigenvalue weighted by Gasteiger charge is 2.39. The fourth-order valence-electron chi connectivity index (χ4n) is 2.01. The van der Waals surface area contributed by atoms with Gasteiger partial charge in [0.25, 0.3) is 0 Å². The number of carbonyl (C=O) groups excluding carboxylic acids is 1. The van der Waals surface area contributed by atoms with Crippen molar-refractivity contribution in [2.45, 2.75) is 12.8 Å². The molecule has 0 aliphatic carbocycles. The van der Waals surface area contributed by atoms with Gasteiger partial charge in [-0.05, 0) is 12.1 Å². The van der Waals surface area contributed by atoms with Gasteiger partial charge >= 0.3 is 5.97 Å². The Balaban J connectivity index is 2.54. The van der Waals surface area contributed by atoms with Crippen LogP contribution >= 0.6 is 23.2 Å². The summed E-state index contributed by atoms with van der Waals surface area (Å²) in [7, 11) is 0. The van der Waals surface area contributed by atoms with E-state index in [0.717, 1.165) is 0 Å². The van der Waals surface area contributed by atoms with Crippen molar-refractivity contribution in [1.82, 2.24) is 0 Å². The highest BCUT2D eigenvalue weighted by atomic mass is 35.5. The van der Waals surface area contributed by atoms with Gasteiger partial charge in [0.2, 0.25) is 6.54 Å². The number of esters is 1. The van der Waals surface area contributed by atoms with Crippen LogP contribution in [0.25, 0.3) is 0 Å². The maximum atomic E-state index is 11.6. The Morgan fingerprint density at radius 2 is 2.11 bits per heavy atom. The maximum absolute atomic E-state index is 11.6. The minimum Gasteiger partial charge on any atom is -0.424 e. The largest absolute Gasteiger partial charge is 0.424 e. The molecule has 0 fully saturated rings. The van der Waals surface area contributed by atoms with E-state index < -0.39 is 22.7 Å². The molecular formula is C11H9Cl2NO4. The molecule has 1 aliphatic rings. The van der Waals surface area contributed by atoms with E-state index in [1.807, 2.05) is 0 Å². The van der Waals surface area contributed by atoms with Gasteiger partial charge in [-0.2, -0.15) is 0 Å². The first-order valence-corrected chi connectivity index (χ1v) is 5.98. The third kappa shape index (κ3) is 2.28. The molecule has 0 unspecified atom stereocenters. The molecule has 2 rings (SSSR count). The molecule has 2 atom stereocenters. The number of halogens is 2. The maximum Gasteiger partial charge on any atom is 0.314 e. The van der Waals surface area contributed by atoms with Gasteiger partial charge in [-0.15, -0.1) is 0 Å². The number of rotatable bonds is 2. The second-order valence-electron chi connectivity index (χ2n) is 4.14. The van der Waals surface area contributed by atoms with Crippen molar-refractivity contribution in [1.29, 1.82) is 0 Å². The Bertz CT molecular complexity index is 532. The number of nitro groups is 1. The molecule has 1 heterocycles. The van der Waals surface area contributed by atoms with E-state index in [-0.39, 0.29) is 17.3 Å². The second kappa shape index (κ2) is 4.74. The Morgan fingerprint density at radius 1 is 1.44 bits per heavy atom. The Labute approximate surface area is 113 Å². The van der Waals surface area contributed by atoms with Gasteiger partial charge in [-0.1, -0.05) is 30.1 Å². The predicted molar refractivity (Wildman–Crippen MR) is 65.9 cm³/mol. The molecule has 96 valence electrons. The topological polar surface area (TPSA) is 69.4 Å². The molecule has 0 radical (unpaired) electrons. The zero-order valence-electron chi connectivity index (χ0n) is 9.35. The average Bonchev–Trinajstić information content (AvgIpc) is 2.26. The predicted octanol–water partition coefficient (Wildman–Crippen LogP) is 2.91. The fraction of sp³-hybridized carbons (Fsp3) is 0.364. The molecule has 0 saturated heterocycles. The van der Waals surface area contributed by atoms with E-state index in [1.54, 1.807) is 13.0 Å². The zero-order valence-corrected chi connectivity index (χ0v) is 10.9. The highest BCUT2D eigenvalue weighted by molar-refractivity contribution is 6.35. The third-order valence-electron chi connectivity index (χ3n) is 2.96. The standard InChI is InChI=1S/C11H9Cl2NO4/c1-5-8(4-14(16)17)7-2-6(12)3-9(13)10(7)18-11(5)15/h2-3,5,8H,4H2,1H3/t5-,8+/m0/s1. The number of ether oxygens (including phenoxy) is 1. The summed E-state index contributed by atoms with van der Waals surface area (Å²) in [5, 5.41) is 11.2.